The molecule has 46 heavy (non-hydrogen) atoms. The van der Waals surface area contributed by atoms with Gasteiger partial charge in [-0.3, -0.25) is 0 Å². The van der Waals surface area contributed by atoms with Crippen LogP contribution in [0.25, 0.3) is 0 Å². The zero-order valence-electron chi connectivity index (χ0n) is 24.7. The molecule has 226 valence electrons. The van der Waals surface area contributed by atoms with Gasteiger partial charge in [-0.1, -0.05) is 121 Å². The number of carboxylic acids is 2. The van der Waals surface area contributed by atoms with Crippen LogP contribution >= 0.6 is 30.8 Å². The van der Waals surface area contributed by atoms with Gasteiger partial charge < -0.3 is 10.2 Å². The Balaban J connectivity index is 1.64. The first kappa shape index (κ1) is 31.4. The molecular weight excluding hydrogens is 628 g/mol. The number of hydrogen-bond donors (Lipinski definition) is 2. The lowest BCUT2D eigenvalue weighted by Crippen LogP contribution is -2.34. The number of carboxylic acid groups (broad SMARTS) is 2. The van der Waals surface area contributed by atoms with Gasteiger partial charge >= 0.3 is 11.9 Å². The molecule has 0 atom stereocenters. The third-order valence-electron chi connectivity index (χ3n) is 7.69. The van der Waals surface area contributed by atoms with Gasteiger partial charge in [-0.05, 0) is 66.2 Å². The molecule has 0 amide bonds. The first-order valence-corrected chi connectivity index (χ1v) is 18.3. The predicted molar refractivity (Wildman–Crippen MR) is 190 cm³/mol. The summed E-state index contributed by atoms with van der Waals surface area (Å²) in [5, 5.41) is 23.5. The van der Waals surface area contributed by atoms with Crippen LogP contribution in [0.3, 0.4) is 0 Å². The molecule has 0 saturated carbocycles. The number of rotatable bonds is 11. The fraction of sp³-hybridized carbons (Fsp3) is 0.0256. The Morgan fingerprint density at radius 3 is 1.28 bits per heavy atom. The highest BCUT2D eigenvalue weighted by Gasteiger charge is 2.48. The highest BCUT2D eigenvalue weighted by molar-refractivity contribution is 8.03. The van der Waals surface area contributed by atoms with E-state index >= 15 is 0 Å². The standard InChI is InChI=1S/C39H29O4PS2/c40-38(41)30-19-7-11-23-34(30)45-36-25-13-9-21-32(36)44(29-17-5-2-6-18-29,27-28-15-3-1-4-16-28)33-22-10-14-26-37(33)46-35-24-12-8-20-31(35)39(42)43/h1-26H,27H2,(H-,40,41,42,43)/p+1. The van der Waals surface area contributed by atoms with E-state index in [1.165, 1.54) is 34.4 Å². The van der Waals surface area contributed by atoms with Gasteiger partial charge in [0.1, 0.15) is 23.2 Å². The molecule has 0 aliphatic rings. The second kappa shape index (κ2) is 14.2. The monoisotopic (exact) mass is 657 g/mol. The largest absolute Gasteiger partial charge is 0.478 e. The van der Waals surface area contributed by atoms with Crippen molar-refractivity contribution in [1.82, 2.24) is 0 Å². The summed E-state index contributed by atoms with van der Waals surface area (Å²) in [5.41, 5.74) is 1.70. The third kappa shape index (κ3) is 6.52. The van der Waals surface area contributed by atoms with Crippen LogP contribution in [0.5, 0.6) is 0 Å². The molecule has 0 heterocycles. The molecule has 6 aromatic rings. The zero-order chi connectivity index (χ0) is 31.9. The van der Waals surface area contributed by atoms with E-state index in [0.29, 0.717) is 16.0 Å². The summed E-state index contributed by atoms with van der Waals surface area (Å²) in [7, 11) is -2.54. The van der Waals surface area contributed by atoms with Crippen LogP contribution in [0.2, 0.25) is 0 Å². The summed E-state index contributed by atoms with van der Waals surface area (Å²) in [5.74, 6) is -1.93. The normalized spacial score (nSPS) is 11.2. The van der Waals surface area contributed by atoms with E-state index in [2.05, 4.69) is 84.9 Å². The van der Waals surface area contributed by atoms with E-state index in [1.54, 1.807) is 24.3 Å². The lowest BCUT2D eigenvalue weighted by molar-refractivity contribution is 0.0682. The summed E-state index contributed by atoms with van der Waals surface area (Å²) in [6, 6.07) is 51.9. The van der Waals surface area contributed by atoms with Crippen molar-refractivity contribution < 1.29 is 19.8 Å². The van der Waals surface area contributed by atoms with Crippen LogP contribution < -0.4 is 15.9 Å². The highest BCUT2D eigenvalue weighted by Crippen LogP contribution is 2.61. The Hall–Kier alpha value is -4.61. The predicted octanol–water partition coefficient (Wildman–Crippen LogP) is 8.88. The maximum absolute atomic E-state index is 12.2. The number of benzene rings is 6. The van der Waals surface area contributed by atoms with Gasteiger partial charge in [0, 0.05) is 9.79 Å². The van der Waals surface area contributed by atoms with E-state index in [9.17, 15) is 19.8 Å². The molecule has 0 spiro atoms. The van der Waals surface area contributed by atoms with Crippen LogP contribution in [-0.4, -0.2) is 22.2 Å². The molecule has 0 aromatic heterocycles. The summed E-state index contributed by atoms with van der Waals surface area (Å²) in [4.78, 5) is 27.7. The molecule has 0 aliphatic heterocycles. The molecule has 0 aliphatic carbocycles. The molecular formula is C39H30O4PS2+. The van der Waals surface area contributed by atoms with Crippen molar-refractivity contribution in [1.29, 1.82) is 0 Å². The molecule has 6 aromatic carbocycles. The van der Waals surface area contributed by atoms with Crippen molar-refractivity contribution in [3.05, 3.63) is 174 Å². The van der Waals surface area contributed by atoms with E-state index in [0.717, 1.165) is 20.4 Å². The lowest BCUT2D eigenvalue weighted by atomic mass is 10.2. The molecule has 0 saturated heterocycles. The minimum atomic E-state index is -2.54. The Kier molecular flexibility index (Phi) is 9.70. The van der Waals surface area contributed by atoms with Crippen molar-refractivity contribution in [3.8, 4) is 0 Å². The van der Waals surface area contributed by atoms with Gasteiger partial charge in [0.2, 0.25) is 0 Å². The van der Waals surface area contributed by atoms with Crippen LogP contribution in [0, 0.1) is 0 Å². The quantitative estimate of drug-likeness (QED) is 0.136. The van der Waals surface area contributed by atoms with E-state index in [-0.39, 0.29) is 11.1 Å². The van der Waals surface area contributed by atoms with E-state index in [1.807, 2.05) is 48.5 Å². The van der Waals surface area contributed by atoms with Gasteiger partial charge in [0.05, 0.1) is 27.1 Å². The molecule has 7 heteroatoms. The van der Waals surface area contributed by atoms with Gasteiger partial charge in [0.15, 0.2) is 0 Å². The minimum Gasteiger partial charge on any atom is -0.478 e. The SMILES string of the molecule is O=C(O)c1ccccc1Sc1ccccc1[P+](Cc1ccccc1)(c1ccccc1)c1ccccc1Sc1ccccc1C(=O)O. The molecule has 2 N–H and O–H groups in total. The van der Waals surface area contributed by atoms with Crippen molar-refractivity contribution in [2.45, 2.75) is 25.7 Å². The molecule has 6 rings (SSSR count). The van der Waals surface area contributed by atoms with Crippen molar-refractivity contribution in [3.63, 3.8) is 0 Å². The van der Waals surface area contributed by atoms with Crippen molar-refractivity contribution in [2.24, 2.45) is 0 Å². The minimum absolute atomic E-state index is 0.259. The number of aromatic carboxylic acids is 2. The van der Waals surface area contributed by atoms with Gasteiger partial charge in [0.25, 0.3) is 0 Å². The third-order valence-corrected chi connectivity index (χ3v) is 14.7. The fourth-order valence-corrected chi connectivity index (χ4v) is 13.1. The Morgan fingerprint density at radius 1 is 0.457 bits per heavy atom. The second-order valence-electron chi connectivity index (χ2n) is 10.5. The van der Waals surface area contributed by atoms with Crippen LogP contribution in [0.1, 0.15) is 26.3 Å². The maximum Gasteiger partial charge on any atom is 0.336 e. The first-order valence-electron chi connectivity index (χ1n) is 14.6. The highest BCUT2D eigenvalue weighted by atomic mass is 32.2. The average Bonchev–Trinajstić information content (AvgIpc) is 3.09. The smallest absolute Gasteiger partial charge is 0.336 e. The van der Waals surface area contributed by atoms with E-state index < -0.39 is 19.2 Å². The average molecular weight is 658 g/mol. The van der Waals surface area contributed by atoms with Crippen LogP contribution in [0.4, 0.5) is 0 Å². The Bertz CT molecular complexity index is 1890. The number of carbonyl (C=O) groups is 2. The van der Waals surface area contributed by atoms with Gasteiger partial charge in [-0.25, -0.2) is 9.59 Å². The molecule has 4 nitrogen and oxygen atoms in total. The van der Waals surface area contributed by atoms with Gasteiger partial charge in [-0.2, -0.15) is 0 Å². The topological polar surface area (TPSA) is 74.6 Å². The van der Waals surface area contributed by atoms with Crippen LogP contribution in [-0.2, 0) is 6.16 Å². The van der Waals surface area contributed by atoms with Crippen molar-refractivity contribution in [2.75, 3.05) is 0 Å². The molecule has 0 fully saturated rings. The summed E-state index contributed by atoms with van der Waals surface area (Å²) in [6.45, 7) is 0. The summed E-state index contributed by atoms with van der Waals surface area (Å²) < 4.78 is 0. The molecule has 0 radical (unpaired) electrons. The fourth-order valence-electron chi connectivity index (χ4n) is 5.63. The lowest BCUT2D eigenvalue weighted by Gasteiger charge is -2.31. The summed E-state index contributed by atoms with van der Waals surface area (Å²) >= 11 is 2.95. The number of hydrogen-bond acceptors (Lipinski definition) is 4. The Morgan fingerprint density at radius 2 is 0.826 bits per heavy atom. The maximum atomic E-state index is 12.2. The molecule has 0 bridgehead atoms. The van der Waals surface area contributed by atoms with E-state index in [4.69, 9.17) is 0 Å². The second-order valence-corrected chi connectivity index (χ2v) is 16.1. The summed E-state index contributed by atoms with van der Waals surface area (Å²) in [6.07, 6.45) is 0.716. The Labute approximate surface area is 277 Å². The van der Waals surface area contributed by atoms with Gasteiger partial charge in [-0.15, -0.1) is 0 Å². The molecule has 0 unspecified atom stereocenters. The van der Waals surface area contributed by atoms with Crippen molar-refractivity contribution >= 4 is 58.6 Å². The first-order chi connectivity index (χ1) is 22.5. The zero-order valence-corrected chi connectivity index (χ0v) is 27.2. The van der Waals surface area contributed by atoms with Crippen LogP contribution in [0.15, 0.2) is 177 Å².